The summed E-state index contributed by atoms with van der Waals surface area (Å²) in [4.78, 5) is 2.68. The predicted octanol–water partition coefficient (Wildman–Crippen LogP) is 2.89. The van der Waals surface area contributed by atoms with Crippen LogP contribution in [0.5, 0.6) is 0 Å². The molecule has 1 aliphatic carbocycles. The second-order valence-electron chi connectivity index (χ2n) is 6.23. The van der Waals surface area contributed by atoms with E-state index in [1.54, 1.807) is 0 Å². The van der Waals surface area contributed by atoms with Gasteiger partial charge in [-0.3, -0.25) is 4.90 Å². The molecule has 1 aliphatic rings. The van der Waals surface area contributed by atoms with Gasteiger partial charge in [0.05, 0.1) is 0 Å². The standard InChI is InChI=1S/C14H30N2/c1-6-16(12-9-7-8-10-12)11-13(15-5)14(2,3)4/h12-13,15H,6-11H2,1-5H3. The molecule has 1 unspecified atom stereocenters. The van der Waals surface area contributed by atoms with E-state index in [2.05, 4.69) is 45.0 Å². The van der Waals surface area contributed by atoms with Crippen LogP contribution in [0.15, 0.2) is 0 Å². The first-order valence-electron chi connectivity index (χ1n) is 6.90. The molecule has 1 saturated carbocycles. The summed E-state index contributed by atoms with van der Waals surface area (Å²) in [5.41, 5.74) is 0.348. The molecule has 0 spiro atoms. The fourth-order valence-electron chi connectivity index (χ4n) is 2.84. The van der Waals surface area contributed by atoms with Crippen LogP contribution in [0.4, 0.5) is 0 Å². The summed E-state index contributed by atoms with van der Waals surface area (Å²) < 4.78 is 0. The maximum Gasteiger partial charge on any atom is 0.0240 e. The van der Waals surface area contributed by atoms with Crippen LogP contribution in [0.25, 0.3) is 0 Å². The third-order valence-corrected chi connectivity index (χ3v) is 4.06. The van der Waals surface area contributed by atoms with Gasteiger partial charge in [0.1, 0.15) is 0 Å². The quantitative estimate of drug-likeness (QED) is 0.775. The Morgan fingerprint density at radius 1 is 1.25 bits per heavy atom. The van der Waals surface area contributed by atoms with Gasteiger partial charge in [0.25, 0.3) is 0 Å². The molecule has 1 fully saturated rings. The maximum absolute atomic E-state index is 3.49. The van der Waals surface area contributed by atoms with Crippen molar-refractivity contribution < 1.29 is 0 Å². The Hall–Kier alpha value is -0.0800. The number of hydrogen-bond acceptors (Lipinski definition) is 2. The van der Waals surface area contributed by atoms with Crippen molar-refractivity contribution in [3.63, 3.8) is 0 Å². The predicted molar refractivity (Wildman–Crippen MR) is 71.8 cm³/mol. The van der Waals surface area contributed by atoms with Crippen LogP contribution in [0.1, 0.15) is 53.4 Å². The van der Waals surface area contributed by atoms with Crippen LogP contribution >= 0.6 is 0 Å². The molecule has 0 amide bonds. The van der Waals surface area contributed by atoms with Crippen molar-refractivity contribution in [2.24, 2.45) is 5.41 Å². The molecule has 96 valence electrons. The summed E-state index contributed by atoms with van der Waals surface area (Å²) in [6.45, 7) is 11.7. The lowest BCUT2D eigenvalue weighted by Gasteiger charge is -2.37. The summed E-state index contributed by atoms with van der Waals surface area (Å²) in [5.74, 6) is 0. The zero-order valence-electron chi connectivity index (χ0n) is 11.8. The SMILES string of the molecule is CCN(CC(NC)C(C)(C)C)C1CCCC1. The van der Waals surface area contributed by atoms with Crippen LogP contribution in [-0.4, -0.2) is 37.1 Å². The van der Waals surface area contributed by atoms with Crippen LogP contribution in [0.3, 0.4) is 0 Å². The van der Waals surface area contributed by atoms with Gasteiger partial charge in [0.15, 0.2) is 0 Å². The Balaban J connectivity index is 2.53. The Morgan fingerprint density at radius 2 is 1.81 bits per heavy atom. The minimum absolute atomic E-state index is 0.348. The molecule has 1 atom stereocenters. The molecule has 1 N–H and O–H groups in total. The van der Waals surface area contributed by atoms with Crippen molar-refractivity contribution in [1.29, 1.82) is 0 Å². The molecule has 0 aliphatic heterocycles. The van der Waals surface area contributed by atoms with Gasteiger partial charge < -0.3 is 5.32 Å². The van der Waals surface area contributed by atoms with E-state index in [1.165, 1.54) is 38.8 Å². The molecule has 0 radical (unpaired) electrons. The fraction of sp³-hybridized carbons (Fsp3) is 1.00. The smallest absolute Gasteiger partial charge is 0.0240 e. The van der Waals surface area contributed by atoms with E-state index in [0.717, 1.165) is 6.04 Å². The molecule has 2 heteroatoms. The van der Waals surface area contributed by atoms with E-state index in [4.69, 9.17) is 0 Å². The second-order valence-corrected chi connectivity index (χ2v) is 6.23. The van der Waals surface area contributed by atoms with Crippen LogP contribution in [0, 0.1) is 5.41 Å². The lowest BCUT2D eigenvalue weighted by atomic mass is 9.86. The summed E-state index contributed by atoms with van der Waals surface area (Å²) in [5, 5.41) is 3.49. The van der Waals surface area contributed by atoms with Gasteiger partial charge in [-0.15, -0.1) is 0 Å². The van der Waals surface area contributed by atoms with Crippen molar-refractivity contribution in [2.45, 2.75) is 65.5 Å². The topological polar surface area (TPSA) is 15.3 Å². The lowest BCUT2D eigenvalue weighted by molar-refractivity contribution is 0.144. The van der Waals surface area contributed by atoms with E-state index < -0.39 is 0 Å². The Kier molecular flexibility index (Phi) is 5.26. The molecule has 0 bridgehead atoms. The van der Waals surface area contributed by atoms with Crippen LogP contribution in [0.2, 0.25) is 0 Å². The second kappa shape index (κ2) is 6.02. The molecule has 0 aromatic rings. The third kappa shape index (κ3) is 3.74. The van der Waals surface area contributed by atoms with Gasteiger partial charge >= 0.3 is 0 Å². The third-order valence-electron chi connectivity index (χ3n) is 4.06. The van der Waals surface area contributed by atoms with Crippen molar-refractivity contribution >= 4 is 0 Å². The summed E-state index contributed by atoms with van der Waals surface area (Å²) in [6.07, 6.45) is 5.69. The van der Waals surface area contributed by atoms with Gasteiger partial charge in [0.2, 0.25) is 0 Å². The first-order valence-corrected chi connectivity index (χ1v) is 6.90. The monoisotopic (exact) mass is 226 g/mol. The lowest BCUT2D eigenvalue weighted by Crippen LogP contribution is -2.49. The van der Waals surface area contributed by atoms with E-state index in [0.29, 0.717) is 11.5 Å². The zero-order valence-corrected chi connectivity index (χ0v) is 11.8. The average molecular weight is 226 g/mol. The van der Waals surface area contributed by atoms with Gasteiger partial charge in [0, 0.05) is 18.6 Å². The Bertz CT molecular complexity index is 189. The number of likely N-dealkylation sites (N-methyl/N-ethyl adjacent to an activating group) is 2. The van der Waals surface area contributed by atoms with Gasteiger partial charge in [-0.05, 0) is 31.8 Å². The maximum atomic E-state index is 3.49. The highest BCUT2D eigenvalue weighted by Crippen LogP contribution is 2.26. The molecule has 16 heavy (non-hydrogen) atoms. The van der Waals surface area contributed by atoms with Gasteiger partial charge in [-0.2, -0.15) is 0 Å². The molecular weight excluding hydrogens is 196 g/mol. The molecule has 0 saturated heterocycles. The molecule has 0 heterocycles. The molecule has 1 rings (SSSR count). The first kappa shape index (κ1) is 14.0. The van der Waals surface area contributed by atoms with Gasteiger partial charge in [-0.1, -0.05) is 40.5 Å². The summed E-state index contributed by atoms with van der Waals surface area (Å²) in [6, 6.07) is 1.44. The summed E-state index contributed by atoms with van der Waals surface area (Å²) in [7, 11) is 2.10. The molecule has 0 aromatic heterocycles. The van der Waals surface area contributed by atoms with Crippen LogP contribution < -0.4 is 5.32 Å². The molecule has 2 nitrogen and oxygen atoms in total. The Morgan fingerprint density at radius 3 is 2.19 bits per heavy atom. The van der Waals surface area contributed by atoms with E-state index >= 15 is 0 Å². The van der Waals surface area contributed by atoms with Crippen molar-refractivity contribution in [3.05, 3.63) is 0 Å². The minimum atomic E-state index is 0.348. The minimum Gasteiger partial charge on any atom is -0.315 e. The van der Waals surface area contributed by atoms with E-state index in [1.807, 2.05) is 0 Å². The summed E-state index contributed by atoms with van der Waals surface area (Å²) >= 11 is 0. The van der Waals surface area contributed by atoms with Crippen LogP contribution in [-0.2, 0) is 0 Å². The van der Waals surface area contributed by atoms with E-state index in [9.17, 15) is 0 Å². The van der Waals surface area contributed by atoms with Gasteiger partial charge in [-0.25, -0.2) is 0 Å². The number of rotatable bonds is 5. The zero-order chi connectivity index (χ0) is 12.2. The molecule has 0 aromatic carbocycles. The highest BCUT2D eigenvalue weighted by atomic mass is 15.2. The van der Waals surface area contributed by atoms with Crippen molar-refractivity contribution in [1.82, 2.24) is 10.2 Å². The van der Waals surface area contributed by atoms with E-state index in [-0.39, 0.29) is 0 Å². The number of nitrogens with zero attached hydrogens (tertiary/aromatic N) is 1. The normalized spacial score (nSPS) is 20.6. The molecular formula is C14H30N2. The number of nitrogens with one attached hydrogen (secondary N) is 1. The van der Waals surface area contributed by atoms with Crippen molar-refractivity contribution in [3.8, 4) is 0 Å². The first-order chi connectivity index (χ1) is 7.49. The highest BCUT2D eigenvalue weighted by molar-refractivity contribution is 4.86. The largest absolute Gasteiger partial charge is 0.315 e. The number of hydrogen-bond donors (Lipinski definition) is 1. The highest BCUT2D eigenvalue weighted by Gasteiger charge is 2.28. The van der Waals surface area contributed by atoms with Crippen molar-refractivity contribution in [2.75, 3.05) is 20.1 Å². The Labute approximate surface area is 102 Å². The average Bonchev–Trinajstić information content (AvgIpc) is 2.70. The fourth-order valence-corrected chi connectivity index (χ4v) is 2.84.